The highest BCUT2D eigenvalue weighted by Crippen LogP contribution is 2.26. The van der Waals surface area contributed by atoms with Gasteiger partial charge in [-0.25, -0.2) is 9.78 Å². The standard InChI is InChI=1S/C23H30N6O3/c1-16(31)17-8-12-28(13-9-17)19-5-2-4-18(14-19)25-23(32)27-21-7-10-24-22(26-21)29-11-3-6-20(29)15-30/h2,4-5,7,10,14,17,20,30H,3,6,8-9,11-13,15H2,1H3,(H2,24,25,26,27,32). The Labute approximate surface area is 187 Å². The lowest BCUT2D eigenvalue weighted by Crippen LogP contribution is -2.35. The Kier molecular flexibility index (Phi) is 6.84. The minimum atomic E-state index is -0.387. The van der Waals surface area contributed by atoms with Crippen LogP contribution in [0.15, 0.2) is 36.5 Å². The van der Waals surface area contributed by atoms with Gasteiger partial charge in [0.1, 0.15) is 11.6 Å². The van der Waals surface area contributed by atoms with E-state index in [0.29, 0.717) is 17.5 Å². The van der Waals surface area contributed by atoms with Crippen molar-refractivity contribution in [3.63, 3.8) is 0 Å². The topological polar surface area (TPSA) is 111 Å². The highest BCUT2D eigenvalue weighted by Gasteiger charge is 2.26. The van der Waals surface area contributed by atoms with Gasteiger partial charge in [-0.05, 0) is 56.9 Å². The number of Topliss-reactive ketones (excluding diaryl/α,β-unsaturated/α-hetero) is 1. The van der Waals surface area contributed by atoms with E-state index in [1.807, 2.05) is 29.2 Å². The number of carbonyl (C=O) groups is 2. The Morgan fingerprint density at radius 1 is 1.12 bits per heavy atom. The van der Waals surface area contributed by atoms with Crippen LogP contribution in [-0.4, -0.2) is 59.2 Å². The smallest absolute Gasteiger partial charge is 0.324 e. The maximum absolute atomic E-state index is 12.6. The molecular weight excluding hydrogens is 408 g/mol. The number of amides is 2. The van der Waals surface area contributed by atoms with Crippen LogP contribution in [0.3, 0.4) is 0 Å². The van der Waals surface area contributed by atoms with E-state index in [1.54, 1.807) is 19.2 Å². The van der Waals surface area contributed by atoms with Crippen LogP contribution < -0.4 is 20.4 Å². The maximum atomic E-state index is 12.6. The van der Waals surface area contributed by atoms with Gasteiger partial charge in [0.2, 0.25) is 5.95 Å². The van der Waals surface area contributed by atoms with Gasteiger partial charge in [-0.3, -0.25) is 10.1 Å². The van der Waals surface area contributed by atoms with Crippen LogP contribution in [0.25, 0.3) is 0 Å². The molecule has 3 N–H and O–H groups in total. The molecule has 32 heavy (non-hydrogen) atoms. The van der Waals surface area contributed by atoms with E-state index in [0.717, 1.165) is 51.0 Å². The first-order valence-electron chi connectivity index (χ1n) is 11.2. The number of aromatic nitrogens is 2. The Morgan fingerprint density at radius 3 is 2.69 bits per heavy atom. The summed E-state index contributed by atoms with van der Waals surface area (Å²) in [6.45, 7) is 4.17. The third kappa shape index (κ3) is 5.16. The van der Waals surface area contributed by atoms with Gasteiger partial charge in [0.25, 0.3) is 0 Å². The number of carbonyl (C=O) groups excluding carboxylic acids is 2. The predicted molar refractivity (Wildman–Crippen MR) is 124 cm³/mol. The molecule has 2 fully saturated rings. The number of aliphatic hydroxyl groups is 1. The van der Waals surface area contributed by atoms with Gasteiger partial charge in [0.15, 0.2) is 0 Å². The first-order valence-corrected chi connectivity index (χ1v) is 11.2. The van der Waals surface area contributed by atoms with Gasteiger partial charge in [0.05, 0.1) is 12.6 Å². The quantitative estimate of drug-likeness (QED) is 0.636. The summed E-state index contributed by atoms with van der Waals surface area (Å²) in [7, 11) is 0. The maximum Gasteiger partial charge on any atom is 0.324 e. The molecule has 4 rings (SSSR count). The second-order valence-corrected chi connectivity index (χ2v) is 8.42. The van der Waals surface area contributed by atoms with Crippen molar-refractivity contribution in [3.8, 4) is 0 Å². The van der Waals surface area contributed by atoms with Gasteiger partial charge in [-0.1, -0.05) is 6.07 Å². The molecule has 1 aromatic carbocycles. The average Bonchev–Trinajstić information content (AvgIpc) is 3.28. The number of nitrogens with one attached hydrogen (secondary N) is 2. The molecule has 9 nitrogen and oxygen atoms in total. The normalized spacial score (nSPS) is 19.1. The van der Waals surface area contributed by atoms with Gasteiger partial charge < -0.3 is 20.2 Å². The molecule has 1 unspecified atom stereocenters. The molecule has 2 amide bonds. The molecule has 0 saturated carbocycles. The summed E-state index contributed by atoms with van der Waals surface area (Å²) in [5, 5.41) is 15.2. The summed E-state index contributed by atoms with van der Waals surface area (Å²) in [5.74, 6) is 1.33. The fraction of sp³-hybridized carbons (Fsp3) is 0.478. The first-order chi connectivity index (χ1) is 15.5. The van der Waals surface area contributed by atoms with Gasteiger partial charge in [0, 0.05) is 43.1 Å². The number of aliphatic hydroxyl groups excluding tert-OH is 1. The Morgan fingerprint density at radius 2 is 1.94 bits per heavy atom. The van der Waals surface area contributed by atoms with E-state index >= 15 is 0 Å². The lowest BCUT2D eigenvalue weighted by molar-refractivity contribution is -0.121. The summed E-state index contributed by atoms with van der Waals surface area (Å²) in [4.78, 5) is 37.1. The number of urea groups is 1. The number of hydrogen-bond acceptors (Lipinski definition) is 7. The molecule has 0 aliphatic carbocycles. The van der Waals surface area contributed by atoms with Crippen molar-refractivity contribution in [3.05, 3.63) is 36.5 Å². The minimum Gasteiger partial charge on any atom is -0.394 e. The van der Waals surface area contributed by atoms with Gasteiger partial charge in [-0.15, -0.1) is 0 Å². The van der Waals surface area contributed by atoms with Crippen LogP contribution in [-0.2, 0) is 4.79 Å². The summed E-state index contributed by atoms with van der Waals surface area (Å²) in [6, 6.07) is 8.98. The molecular formula is C23H30N6O3. The third-order valence-electron chi connectivity index (χ3n) is 6.27. The summed E-state index contributed by atoms with van der Waals surface area (Å²) in [5.41, 5.74) is 1.71. The summed E-state index contributed by atoms with van der Waals surface area (Å²) < 4.78 is 0. The number of benzene rings is 1. The zero-order valence-corrected chi connectivity index (χ0v) is 18.3. The number of ketones is 1. The van der Waals surface area contributed by atoms with Crippen molar-refractivity contribution < 1.29 is 14.7 Å². The van der Waals surface area contributed by atoms with Crippen molar-refractivity contribution in [1.82, 2.24) is 9.97 Å². The van der Waals surface area contributed by atoms with E-state index in [2.05, 4.69) is 25.5 Å². The number of rotatable bonds is 6. The number of hydrogen-bond donors (Lipinski definition) is 3. The zero-order valence-electron chi connectivity index (χ0n) is 18.3. The molecule has 170 valence electrons. The monoisotopic (exact) mass is 438 g/mol. The largest absolute Gasteiger partial charge is 0.394 e. The van der Waals surface area contributed by atoms with E-state index in [-0.39, 0.29) is 30.4 Å². The zero-order chi connectivity index (χ0) is 22.5. The lowest BCUT2D eigenvalue weighted by Gasteiger charge is -2.32. The Hall–Kier alpha value is -3.20. The van der Waals surface area contributed by atoms with Gasteiger partial charge in [-0.2, -0.15) is 4.98 Å². The Balaban J connectivity index is 1.36. The van der Waals surface area contributed by atoms with Crippen LogP contribution in [0.5, 0.6) is 0 Å². The molecule has 1 aromatic heterocycles. The van der Waals surface area contributed by atoms with E-state index in [4.69, 9.17) is 0 Å². The number of anilines is 4. The van der Waals surface area contributed by atoms with E-state index in [1.165, 1.54) is 0 Å². The van der Waals surface area contributed by atoms with Crippen LogP contribution in [0.4, 0.5) is 27.9 Å². The number of piperidine rings is 1. The molecule has 0 spiro atoms. The van der Waals surface area contributed by atoms with Gasteiger partial charge >= 0.3 is 6.03 Å². The van der Waals surface area contributed by atoms with Crippen molar-refractivity contribution in [2.45, 2.75) is 38.6 Å². The van der Waals surface area contributed by atoms with Crippen LogP contribution in [0.2, 0.25) is 0 Å². The fourth-order valence-electron chi connectivity index (χ4n) is 4.45. The second kappa shape index (κ2) is 9.95. The molecule has 1 atom stereocenters. The highest BCUT2D eigenvalue weighted by molar-refractivity contribution is 5.99. The van der Waals surface area contributed by atoms with E-state index < -0.39 is 0 Å². The molecule has 2 aliphatic rings. The van der Waals surface area contributed by atoms with Crippen molar-refractivity contribution >= 4 is 35.0 Å². The fourth-order valence-corrected chi connectivity index (χ4v) is 4.45. The summed E-state index contributed by atoms with van der Waals surface area (Å²) in [6.07, 6.45) is 5.21. The van der Waals surface area contributed by atoms with E-state index in [9.17, 15) is 14.7 Å². The molecule has 0 radical (unpaired) electrons. The highest BCUT2D eigenvalue weighted by atomic mass is 16.3. The minimum absolute atomic E-state index is 0.0160. The molecule has 0 bridgehead atoms. The Bertz CT molecular complexity index is 960. The molecule has 2 aromatic rings. The molecule has 2 aliphatic heterocycles. The molecule has 2 saturated heterocycles. The summed E-state index contributed by atoms with van der Waals surface area (Å²) >= 11 is 0. The third-order valence-corrected chi connectivity index (χ3v) is 6.27. The van der Waals surface area contributed by atoms with Crippen molar-refractivity contribution in [2.75, 3.05) is 46.7 Å². The van der Waals surface area contributed by atoms with Crippen molar-refractivity contribution in [1.29, 1.82) is 0 Å². The molecule has 9 heteroatoms. The molecule has 3 heterocycles. The van der Waals surface area contributed by atoms with Crippen LogP contribution >= 0.6 is 0 Å². The predicted octanol–water partition coefficient (Wildman–Crippen LogP) is 2.89. The second-order valence-electron chi connectivity index (χ2n) is 8.42. The first kappa shape index (κ1) is 22.0. The van der Waals surface area contributed by atoms with Crippen LogP contribution in [0, 0.1) is 5.92 Å². The van der Waals surface area contributed by atoms with Crippen LogP contribution in [0.1, 0.15) is 32.6 Å². The SMILES string of the molecule is CC(=O)C1CCN(c2cccc(NC(=O)Nc3ccnc(N4CCCC4CO)n3)c2)CC1. The van der Waals surface area contributed by atoms with Crippen molar-refractivity contribution in [2.24, 2.45) is 5.92 Å². The lowest BCUT2D eigenvalue weighted by atomic mass is 9.93. The number of nitrogens with zero attached hydrogens (tertiary/aromatic N) is 4. The average molecular weight is 439 g/mol.